The van der Waals surface area contributed by atoms with E-state index in [2.05, 4.69) is 0 Å². The van der Waals surface area contributed by atoms with Crippen LogP contribution in [0.2, 0.25) is 0 Å². The van der Waals surface area contributed by atoms with Gasteiger partial charge in [-0.1, -0.05) is 12.8 Å². The molecule has 8 heavy (non-hydrogen) atoms. The van der Waals surface area contributed by atoms with E-state index in [-0.39, 0.29) is 0 Å². The summed E-state index contributed by atoms with van der Waals surface area (Å²) < 4.78 is 0. The third kappa shape index (κ3) is 1.20. The number of hydrogen-bond donors (Lipinski definition) is 2. The van der Waals surface area contributed by atoms with Crippen LogP contribution in [-0.4, -0.2) is 22.4 Å². The highest BCUT2D eigenvalue weighted by Gasteiger charge is 2.19. The van der Waals surface area contributed by atoms with Gasteiger partial charge in [-0.3, -0.25) is 0 Å². The largest absolute Gasteiger partial charge is 0.390 e. The average Bonchev–Trinajstić information content (AvgIpc) is 1.77. The fourth-order valence-electron chi connectivity index (χ4n) is 1.09. The lowest BCUT2D eigenvalue weighted by Gasteiger charge is -2.22. The van der Waals surface area contributed by atoms with Gasteiger partial charge in [-0.05, 0) is 12.8 Å². The Morgan fingerprint density at radius 2 is 1.25 bits per heavy atom. The van der Waals surface area contributed by atoms with Crippen molar-refractivity contribution >= 4 is 0 Å². The number of hydrogen-bond acceptors (Lipinski definition) is 2. The van der Waals surface area contributed by atoms with Crippen LogP contribution in [0.25, 0.3) is 0 Å². The third-order valence-electron chi connectivity index (χ3n) is 1.69. The predicted octanol–water partition coefficient (Wildman–Crippen LogP) is 0.282. The van der Waals surface area contributed by atoms with E-state index in [0.29, 0.717) is 0 Å². The first-order chi connectivity index (χ1) is 3.80. The second-order valence-electron chi connectivity index (χ2n) is 2.42. The average molecular weight is 116 g/mol. The van der Waals surface area contributed by atoms with Gasteiger partial charge in [-0.15, -0.1) is 0 Å². The molecule has 0 radical (unpaired) electrons. The zero-order chi connectivity index (χ0) is 5.98. The van der Waals surface area contributed by atoms with Gasteiger partial charge in [-0.2, -0.15) is 0 Å². The van der Waals surface area contributed by atoms with Crippen LogP contribution in [0.15, 0.2) is 0 Å². The molecule has 1 saturated carbocycles. The van der Waals surface area contributed by atoms with E-state index in [9.17, 15) is 0 Å². The number of aliphatic hydroxyl groups is 2. The Labute approximate surface area is 49.1 Å². The summed E-state index contributed by atoms with van der Waals surface area (Å²) in [7, 11) is 0. The second kappa shape index (κ2) is 2.46. The van der Waals surface area contributed by atoms with Crippen LogP contribution in [0.1, 0.15) is 25.7 Å². The van der Waals surface area contributed by atoms with E-state index in [1.54, 1.807) is 0 Å². The number of rotatable bonds is 0. The molecule has 2 N–H and O–H groups in total. The van der Waals surface area contributed by atoms with Crippen molar-refractivity contribution < 1.29 is 10.2 Å². The van der Waals surface area contributed by atoms with Gasteiger partial charge in [-0.25, -0.2) is 0 Å². The Hall–Kier alpha value is -0.0800. The highest BCUT2D eigenvalue weighted by Crippen LogP contribution is 2.17. The fraction of sp³-hybridized carbons (Fsp3) is 1.00. The normalized spacial score (nSPS) is 39.8. The summed E-state index contributed by atoms with van der Waals surface area (Å²) >= 11 is 0. The van der Waals surface area contributed by atoms with Crippen LogP contribution >= 0.6 is 0 Å². The van der Waals surface area contributed by atoms with Crippen LogP contribution in [0.3, 0.4) is 0 Å². The van der Waals surface area contributed by atoms with Crippen LogP contribution in [0.4, 0.5) is 0 Å². The molecule has 2 unspecified atom stereocenters. The summed E-state index contributed by atoms with van der Waals surface area (Å²) in [4.78, 5) is 0. The molecule has 48 valence electrons. The quantitative estimate of drug-likeness (QED) is 0.477. The molecule has 0 aromatic carbocycles. The summed E-state index contributed by atoms with van der Waals surface area (Å²) in [5, 5.41) is 17.9. The van der Waals surface area contributed by atoms with Crippen molar-refractivity contribution in [2.45, 2.75) is 37.9 Å². The molecule has 0 heterocycles. The topological polar surface area (TPSA) is 40.5 Å². The lowest BCUT2D eigenvalue weighted by Crippen LogP contribution is -2.28. The van der Waals surface area contributed by atoms with E-state index in [1.165, 1.54) is 0 Å². The lowest BCUT2D eigenvalue weighted by molar-refractivity contribution is -0.00865. The SMILES string of the molecule is OC1CCCCC1O. The van der Waals surface area contributed by atoms with E-state index < -0.39 is 12.2 Å². The van der Waals surface area contributed by atoms with Gasteiger partial charge in [0, 0.05) is 0 Å². The molecular weight excluding hydrogens is 104 g/mol. The van der Waals surface area contributed by atoms with Crippen molar-refractivity contribution in [1.29, 1.82) is 0 Å². The maximum atomic E-state index is 8.93. The first kappa shape index (κ1) is 6.05. The van der Waals surface area contributed by atoms with Gasteiger partial charge in [0.15, 0.2) is 0 Å². The first-order valence-electron chi connectivity index (χ1n) is 3.17. The predicted molar refractivity (Wildman–Crippen MR) is 30.5 cm³/mol. The molecule has 0 aliphatic heterocycles. The molecule has 0 amide bonds. The van der Waals surface area contributed by atoms with Crippen LogP contribution in [0.5, 0.6) is 0 Å². The molecule has 2 heteroatoms. The van der Waals surface area contributed by atoms with E-state index >= 15 is 0 Å². The molecule has 0 aromatic heterocycles. The number of aliphatic hydroxyl groups excluding tert-OH is 2. The Bertz CT molecular complexity index is 62.9. The van der Waals surface area contributed by atoms with Crippen molar-refractivity contribution in [3.63, 3.8) is 0 Å². The van der Waals surface area contributed by atoms with Crippen molar-refractivity contribution in [1.82, 2.24) is 0 Å². The molecule has 1 aliphatic rings. The minimum absolute atomic E-state index is 0.441. The maximum absolute atomic E-state index is 8.93. The molecule has 1 fully saturated rings. The zero-order valence-electron chi connectivity index (χ0n) is 4.88. The molecular formula is C6H12O2. The van der Waals surface area contributed by atoms with Gasteiger partial charge in [0.25, 0.3) is 0 Å². The Balaban J connectivity index is 2.28. The maximum Gasteiger partial charge on any atom is 0.0799 e. The van der Waals surface area contributed by atoms with E-state index in [0.717, 1.165) is 25.7 Å². The van der Waals surface area contributed by atoms with Crippen molar-refractivity contribution in [3.8, 4) is 0 Å². The third-order valence-corrected chi connectivity index (χ3v) is 1.69. The summed E-state index contributed by atoms with van der Waals surface area (Å²) in [5.41, 5.74) is 0. The van der Waals surface area contributed by atoms with E-state index in [1.807, 2.05) is 0 Å². The highest BCUT2D eigenvalue weighted by atomic mass is 16.3. The Kier molecular flexibility index (Phi) is 1.86. The first-order valence-corrected chi connectivity index (χ1v) is 3.17. The van der Waals surface area contributed by atoms with Crippen molar-refractivity contribution in [2.75, 3.05) is 0 Å². The molecule has 2 nitrogen and oxygen atoms in total. The monoisotopic (exact) mass is 116 g/mol. The standard InChI is InChI=1S/C6H12O2/c7-5-3-1-2-4-6(5)8/h5-8H,1-4H2. The van der Waals surface area contributed by atoms with Gasteiger partial charge < -0.3 is 10.2 Å². The molecule has 0 bridgehead atoms. The second-order valence-corrected chi connectivity index (χ2v) is 2.42. The summed E-state index contributed by atoms with van der Waals surface area (Å²) in [5.74, 6) is 0. The van der Waals surface area contributed by atoms with Crippen LogP contribution < -0.4 is 0 Å². The van der Waals surface area contributed by atoms with Gasteiger partial charge >= 0.3 is 0 Å². The lowest BCUT2D eigenvalue weighted by atomic mass is 9.95. The Morgan fingerprint density at radius 1 is 0.875 bits per heavy atom. The van der Waals surface area contributed by atoms with Gasteiger partial charge in [0.2, 0.25) is 0 Å². The molecule has 1 aliphatic carbocycles. The summed E-state index contributed by atoms with van der Waals surface area (Å²) in [6.07, 6.45) is 2.81. The molecule has 0 aromatic rings. The summed E-state index contributed by atoms with van der Waals surface area (Å²) in [6, 6.07) is 0. The molecule has 2 atom stereocenters. The molecule has 1 rings (SSSR count). The molecule has 0 spiro atoms. The van der Waals surface area contributed by atoms with Crippen molar-refractivity contribution in [3.05, 3.63) is 0 Å². The fourth-order valence-corrected chi connectivity index (χ4v) is 1.09. The van der Waals surface area contributed by atoms with Crippen molar-refractivity contribution in [2.24, 2.45) is 0 Å². The zero-order valence-corrected chi connectivity index (χ0v) is 4.88. The van der Waals surface area contributed by atoms with Crippen LogP contribution in [0, 0.1) is 0 Å². The van der Waals surface area contributed by atoms with E-state index in [4.69, 9.17) is 10.2 Å². The highest BCUT2D eigenvalue weighted by molar-refractivity contribution is 4.72. The Morgan fingerprint density at radius 3 is 1.50 bits per heavy atom. The smallest absolute Gasteiger partial charge is 0.0799 e. The minimum Gasteiger partial charge on any atom is -0.390 e. The minimum atomic E-state index is -0.441. The summed E-state index contributed by atoms with van der Waals surface area (Å²) in [6.45, 7) is 0. The van der Waals surface area contributed by atoms with Crippen LogP contribution in [-0.2, 0) is 0 Å². The van der Waals surface area contributed by atoms with Gasteiger partial charge in [0.1, 0.15) is 0 Å². The molecule has 0 saturated heterocycles. The van der Waals surface area contributed by atoms with Gasteiger partial charge in [0.05, 0.1) is 12.2 Å².